The number of ether oxygens (including phenoxy) is 1. The third-order valence-corrected chi connectivity index (χ3v) is 1.85. The minimum Gasteiger partial charge on any atom is -0.469 e. The van der Waals surface area contributed by atoms with E-state index in [-0.39, 0.29) is 19.0 Å². The quantitative estimate of drug-likeness (QED) is 0.579. The van der Waals surface area contributed by atoms with Crippen LogP contribution in [0.15, 0.2) is 24.3 Å². The largest absolute Gasteiger partial charge is 0.469 e. The lowest BCUT2D eigenvalue weighted by Crippen LogP contribution is -2.06. The van der Waals surface area contributed by atoms with Crippen molar-refractivity contribution in [3.05, 3.63) is 35.4 Å². The fraction of sp³-hybridized carbons (Fsp3) is 0.273. The predicted octanol–water partition coefficient (Wildman–Crippen LogP) is 1.16. The third kappa shape index (κ3) is 4.37. The molecule has 4 nitrogen and oxygen atoms in total. The van der Waals surface area contributed by atoms with Crippen molar-refractivity contribution in [3.63, 3.8) is 0 Å². The average Bonchev–Trinajstić information content (AvgIpc) is 2.32. The lowest BCUT2D eigenvalue weighted by molar-refractivity contribution is -0.139. The molecule has 0 bridgehead atoms. The molecule has 0 heterocycles. The van der Waals surface area contributed by atoms with Crippen LogP contribution in [-0.2, 0) is 22.6 Å². The first-order valence-electron chi connectivity index (χ1n) is 4.37. The average molecular weight is 209 g/mol. The molecule has 0 spiro atoms. The topological polar surface area (TPSA) is 70.4 Å². The molecule has 82 valence electrons. The second-order valence-electron chi connectivity index (χ2n) is 2.68. The van der Waals surface area contributed by atoms with Gasteiger partial charge in [-0.05, 0) is 17.8 Å². The molecule has 0 aromatic heterocycles. The van der Waals surface area contributed by atoms with Gasteiger partial charge in [0.05, 0.1) is 20.1 Å². The number of nitrogens with one attached hydrogen (secondary N) is 1. The normalized spacial score (nSPS) is 8.67. The summed E-state index contributed by atoms with van der Waals surface area (Å²) in [4.78, 5) is 10.9. The summed E-state index contributed by atoms with van der Waals surface area (Å²) >= 11 is 0. The molecular weight excluding hydrogens is 194 g/mol. The van der Waals surface area contributed by atoms with Crippen LogP contribution in [0.25, 0.3) is 0 Å². The molecule has 1 aromatic rings. The Morgan fingerprint density at radius 3 is 2.40 bits per heavy atom. The zero-order chi connectivity index (χ0) is 11.7. The van der Waals surface area contributed by atoms with Crippen LogP contribution in [0.3, 0.4) is 0 Å². The highest BCUT2D eigenvalue weighted by Gasteiger charge is 2.05. The maximum absolute atomic E-state index is 10.9. The van der Waals surface area contributed by atoms with Gasteiger partial charge in [0, 0.05) is 0 Å². The number of benzene rings is 1. The van der Waals surface area contributed by atoms with Crippen LogP contribution < -0.4 is 0 Å². The van der Waals surface area contributed by atoms with Gasteiger partial charge in [0.25, 0.3) is 0 Å². The van der Waals surface area contributed by atoms with Crippen LogP contribution in [0.5, 0.6) is 0 Å². The zero-order valence-electron chi connectivity index (χ0n) is 8.69. The van der Waals surface area contributed by atoms with E-state index in [1.54, 1.807) is 6.07 Å². The fourth-order valence-corrected chi connectivity index (χ4v) is 1.11. The maximum Gasteiger partial charge on any atom is 0.309 e. The number of carbonyl (C=O) groups is 1. The molecule has 0 unspecified atom stereocenters. The Morgan fingerprint density at radius 2 is 1.93 bits per heavy atom. The Labute approximate surface area is 89.0 Å². The van der Waals surface area contributed by atoms with Gasteiger partial charge in [-0.25, -0.2) is 0 Å². The van der Waals surface area contributed by atoms with Gasteiger partial charge in [-0.2, -0.15) is 0 Å². The summed E-state index contributed by atoms with van der Waals surface area (Å²) in [7, 11) is 1.35. The Balaban J connectivity index is 0.000000921. The van der Waals surface area contributed by atoms with Crippen molar-refractivity contribution in [2.45, 2.75) is 13.0 Å². The molecule has 15 heavy (non-hydrogen) atoms. The van der Waals surface area contributed by atoms with Crippen LogP contribution in [0.4, 0.5) is 0 Å². The molecule has 0 radical (unpaired) electrons. The molecule has 0 amide bonds. The number of aliphatic hydroxyl groups excluding tert-OH is 1. The van der Waals surface area contributed by atoms with Crippen LogP contribution >= 0.6 is 0 Å². The number of hydrogen-bond donors (Lipinski definition) is 2. The molecule has 0 fully saturated rings. The monoisotopic (exact) mass is 209 g/mol. The maximum atomic E-state index is 10.9. The Bertz CT molecular complexity index is 312. The summed E-state index contributed by atoms with van der Waals surface area (Å²) in [5.41, 5.74) is 1.59. The van der Waals surface area contributed by atoms with Crippen molar-refractivity contribution in [1.29, 1.82) is 5.41 Å². The molecule has 0 saturated heterocycles. The molecule has 2 N–H and O–H groups in total. The lowest BCUT2D eigenvalue weighted by Gasteiger charge is -2.04. The van der Waals surface area contributed by atoms with Gasteiger partial charge in [0.2, 0.25) is 0 Å². The number of rotatable bonds is 3. The van der Waals surface area contributed by atoms with Gasteiger partial charge in [-0.1, -0.05) is 24.3 Å². The molecule has 1 rings (SSSR count). The van der Waals surface area contributed by atoms with Gasteiger partial charge in [-0.15, -0.1) is 0 Å². The van der Waals surface area contributed by atoms with Gasteiger partial charge >= 0.3 is 5.97 Å². The first-order valence-corrected chi connectivity index (χ1v) is 4.37. The third-order valence-electron chi connectivity index (χ3n) is 1.85. The second-order valence-corrected chi connectivity index (χ2v) is 2.68. The molecule has 0 aliphatic carbocycles. The molecule has 4 heteroatoms. The van der Waals surface area contributed by atoms with E-state index in [2.05, 4.69) is 11.5 Å². The van der Waals surface area contributed by atoms with E-state index in [4.69, 9.17) is 10.5 Å². The van der Waals surface area contributed by atoms with E-state index in [9.17, 15) is 4.79 Å². The van der Waals surface area contributed by atoms with Gasteiger partial charge in [-0.3, -0.25) is 4.79 Å². The summed E-state index contributed by atoms with van der Waals surface area (Å²) in [6.45, 7) is 2.45. The SMILES string of the molecule is C=N.COC(=O)Cc1ccccc1CO. The van der Waals surface area contributed by atoms with E-state index in [1.165, 1.54) is 7.11 Å². The van der Waals surface area contributed by atoms with Crippen molar-refractivity contribution in [3.8, 4) is 0 Å². The standard InChI is InChI=1S/C10H12O3.CH3N/c1-13-10(12)6-8-4-2-3-5-9(8)7-11;1-2/h2-5,11H,6-7H2,1H3;2H,1H2. The molecule has 1 aromatic carbocycles. The Hall–Kier alpha value is -1.68. The van der Waals surface area contributed by atoms with Gasteiger partial charge < -0.3 is 15.3 Å². The Morgan fingerprint density at radius 1 is 1.40 bits per heavy atom. The molecule has 0 saturated carbocycles. The fourth-order valence-electron chi connectivity index (χ4n) is 1.11. The van der Waals surface area contributed by atoms with Crippen molar-refractivity contribution >= 4 is 12.7 Å². The van der Waals surface area contributed by atoms with Crippen molar-refractivity contribution < 1.29 is 14.6 Å². The van der Waals surface area contributed by atoms with E-state index in [1.807, 2.05) is 18.2 Å². The zero-order valence-corrected chi connectivity index (χ0v) is 8.69. The van der Waals surface area contributed by atoms with Crippen molar-refractivity contribution in [2.24, 2.45) is 0 Å². The summed E-state index contributed by atoms with van der Waals surface area (Å²) < 4.78 is 4.53. The first kappa shape index (κ1) is 13.3. The van der Waals surface area contributed by atoms with Gasteiger partial charge in [0.15, 0.2) is 0 Å². The van der Waals surface area contributed by atoms with Gasteiger partial charge in [0.1, 0.15) is 0 Å². The lowest BCUT2D eigenvalue weighted by atomic mass is 10.1. The van der Waals surface area contributed by atoms with E-state index in [0.717, 1.165) is 11.1 Å². The van der Waals surface area contributed by atoms with E-state index >= 15 is 0 Å². The van der Waals surface area contributed by atoms with Crippen molar-refractivity contribution in [2.75, 3.05) is 7.11 Å². The summed E-state index contributed by atoms with van der Waals surface area (Å²) in [5.74, 6) is -0.291. The van der Waals surface area contributed by atoms with Crippen LogP contribution in [-0.4, -0.2) is 24.9 Å². The van der Waals surface area contributed by atoms with Crippen molar-refractivity contribution in [1.82, 2.24) is 0 Å². The first-order chi connectivity index (χ1) is 7.27. The highest BCUT2D eigenvalue weighted by molar-refractivity contribution is 5.72. The second kappa shape index (κ2) is 7.70. The minimum absolute atomic E-state index is 0.0484. The molecular formula is C11H15NO3. The number of carbonyl (C=O) groups excluding carboxylic acids is 1. The van der Waals surface area contributed by atoms with E-state index in [0.29, 0.717) is 0 Å². The van der Waals surface area contributed by atoms with Crippen LogP contribution in [0.1, 0.15) is 11.1 Å². The molecule has 0 aliphatic rings. The Kier molecular flexibility index (Phi) is 6.84. The summed E-state index contributed by atoms with van der Waals surface area (Å²) in [6, 6.07) is 7.25. The summed E-state index contributed by atoms with van der Waals surface area (Å²) in [5, 5.41) is 14.5. The number of hydrogen-bond acceptors (Lipinski definition) is 4. The predicted molar refractivity (Wildman–Crippen MR) is 57.9 cm³/mol. The number of aliphatic hydroxyl groups is 1. The summed E-state index contributed by atoms with van der Waals surface area (Å²) in [6.07, 6.45) is 0.216. The van der Waals surface area contributed by atoms with Crippen LogP contribution in [0.2, 0.25) is 0 Å². The smallest absolute Gasteiger partial charge is 0.309 e. The van der Waals surface area contributed by atoms with Crippen LogP contribution in [0, 0.1) is 5.41 Å². The molecule has 0 aliphatic heterocycles. The number of esters is 1. The highest BCUT2D eigenvalue weighted by atomic mass is 16.5. The molecule has 0 atom stereocenters. The highest BCUT2D eigenvalue weighted by Crippen LogP contribution is 2.09. The minimum atomic E-state index is -0.291. The number of methoxy groups -OCH3 is 1. The van der Waals surface area contributed by atoms with E-state index < -0.39 is 0 Å².